The lowest BCUT2D eigenvalue weighted by Gasteiger charge is -2.39. The first-order chi connectivity index (χ1) is 7.79. The van der Waals surface area contributed by atoms with Crippen LogP contribution >= 0.6 is 0 Å². The van der Waals surface area contributed by atoms with Gasteiger partial charge in [0.05, 0.1) is 6.04 Å². The number of hydrogen-bond acceptors (Lipinski definition) is 3. The van der Waals surface area contributed by atoms with Gasteiger partial charge in [-0.15, -0.1) is 0 Å². The third kappa shape index (κ3) is 2.84. The average molecular weight is 220 g/mol. The van der Waals surface area contributed by atoms with Crippen molar-refractivity contribution in [1.82, 2.24) is 10.2 Å². The van der Waals surface area contributed by atoms with E-state index in [0.717, 1.165) is 13.0 Å². The molecule has 2 heterocycles. The number of likely N-dealkylation sites (tertiary alicyclic amines) is 1. The lowest BCUT2D eigenvalue weighted by atomic mass is 9.92. The Balaban J connectivity index is 1.67. The van der Waals surface area contributed by atoms with Gasteiger partial charge >= 0.3 is 0 Å². The molecule has 0 bridgehead atoms. The van der Waals surface area contributed by atoms with Crippen LogP contribution in [0.15, 0.2) is 0 Å². The molecule has 0 amide bonds. The number of nitrogens with zero attached hydrogens (tertiary/aromatic N) is 1. The molecule has 2 atom stereocenters. The van der Waals surface area contributed by atoms with E-state index in [-0.39, 0.29) is 11.8 Å². The largest absolute Gasteiger partial charge is 0.302 e. The number of hydrogen-bond donors (Lipinski definition) is 1. The SMILES string of the molecule is CC#CC(=O)[C@@H]1C[C@H](CN2CCCCC2)N1. The molecule has 3 nitrogen and oxygen atoms in total. The van der Waals surface area contributed by atoms with Crippen LogP contribution in [0.25, 0.3) is 0 Å². The lowest BCUT2D eigenvalue weighted by molar-refractivity contribution is -0.118. The van der Waals surface area contributed by atoms with Crippen LogP contribution in [0.4, 0.5) is 0 Å². The maximum atomic E-state index is 11.4. The number of carbonyl (C=O) groups excluding carboxylic acids is 1. The molecule has 0 aromatic rings. The number of piperidine rings is 1. The van der Waals surface area contributed by atoms with Crippen molar-refractivity contribution < 1.29 is 4.79 Å². The summed E-state index contributed by atoms with van der Waals surface area (Å²) in [6.07, 6.45) is 5.00. The molecule has 0 aromatic heterocycles. The molecule has 3 heteroatoms. The Kier molecular flexibility index (Phi) is 3.98. The van der Waals surface area contributed by atoms with Gasteiger partial charge in [-0.05, 0) is 45.2 Å². The van der Waals surface area contributed by atoms with Crippen LogP contribution in [0, 0.1) is 11.8 Å². The normalized spacial score (nSPS) is 30.1. The molecule has 2 rings (SSSR count). The first kappa shape index (κ1) is 11.6. The summed E-state index contributed by atoms with van der Waals surface area (Å²) in [5.74, 6) is 5.32. The summed E-state index contributed by atoms with van der Waals surface area (Å²) in [6.45, 7) is 5.27. The van der Waals surface area contributed by atoms with E-state index in [0.29, 0.717) is 6.04 Å². The second kappa shape index (κ2) is 5.47. The van der Waals surface area contributed by atoms with Crippen LogP contribution in [0.5, 0.6) is 0 Å². The fourth-order valence-corrected chi connectivity index (χ4v) is 2.52. The fraction of sp³-hybridized carbons (Fsp3) is 0.769. The van der Waals surface area contributed by atoms with Crippen molar-refractivity contribution in [2.24, 2.45) is 0 Å². The standard InChI is InChI=1S/C13H20N2O/c1-2-6-13(16)12-9-11(14-12)10-15-7-4-3-5-8-15/h11-12,14H,3-5,7-10H2,1H3/t11-,12+/m1/s1. The van der Waals surface area contributed by atoms with Crippen LogP contribution in [-0.4, -0.2) is 42.4 Å². The number of ketones is 1. The van der Waals surface area contributed by atoms with Gasteiger partial charge in [-0.3, -0.25) is 4.79 Å². The lowest BCUT2D eigenvalue weighted by Crippen LogP contribution is -2.60. The Hall–Kier alpha value is -0.850. The van der Waals surface area contributed by atoms with Crippen molar-refractivity contribution >= 4 is 5.78 Å². The zero-order valence-corrected chi connectivity index (χ0v) is 9.96. The van der Waals surface area contributed by atoms with Gasteiger partial charge in [-0.2, -0.15) is 0 Å². The molecule has 0 unspecified atom stereocenters. The molecule has 88 valence electrons. The first-order valence-electron chi connectivity index (χ1n) is 6.24. The maximum absolute atomic E-state index is 11.4. The zero-order chi connectivity index (χ0) is 11.4. The van der Waals surface area contributed by atoms with Crippen molar-refractivity contribution in [3.63, 3.8) is 0 Å². The molecule has 0 aromatic carbocycles. The van der Waals surface area contributed by atoms with Crippen molar-refractivity contribution in [2.45, 2.75) is 44.7 Å². The van der Waals surface area contributed by atoms with Crippen LogP contribution in [0.2, 0.25) is 0 Å². The minimum atomic E-state index is 0.00207. The molecule has 2 saturated heterocycles. The van der Waals surface area contributed by atoms with E-state index in [1.807, 2.05) is 0 Å². The first-order valence-corrected chi connectivity index (χ1v) is 6.24. The highest BCUT2D eigenvalue weighted by Gasteiger charge is 2.33. The topological polar surface area (TPSA) is 32.3 Å². The molecular weight excluding hydrogens is 200 g/mol. The summed E-state index contributed by atoms with van der Waals surface area (Å²) in [7, 11) is 0. The number of carbonyl (C=O) groups is 1. The van der Waals surface area contributed by atoms with Crippen LogP contribution in [0.3, 0.4) is 0 Å². The second-order valence-corrected chi connectivity index (χ2v) is 4.75. The molecule has 2 aliphatic rings. The Morgan fingerprint density at radius 3 is 2.69 bits per heavy atom. The highest BCUT2D eigenvalue weighted by atomic mass is 16.1. The van der Waals surface area contributed by atoms with Crippen LogP contribution < -0.4 is 5.32 Å². The fourth-order valence-electron chi connectivity index (χ4n) is 2.52. The highest BCUT2D eigenvalue weighted by Crippen LogP contribution is 2.16. The average Bonchev–Trinajstić information content (AvgIpc) is 2.24. The number of nitrogens with one attached hydrogen (secondary N) is 1. The molecule has 0 saturated carbocycles. The summed E-state index contributed by atoms with van der Waals surface area (Å²) >= 11 is 0. The molecule has 0 spiro atoms. The molecular formula is C13H20N2O. The summed E-state index contributed by atoms with van der Waals surface area (Å²) in [4.78, 5) is 13.9. The van der Waals surface area contributed by atoms with Gasteiger partial charge in [-0.1, -0.05) is 12.3 Å². The van der Waals surface area contributed by atoms with Gasteiger partial charge in [0, 0.05) is 12.6 Å². The zero-order valence-electron chi connectivity index (χ0n) is 9.96. The Labute approximate surface area is 97.6 Å². The van der Waals surface area contributed by atoms with Gasteiger partial charge in [0.25, 0.3) is 0 Å². The van der Waals surface area contributed by atoms with Crippen molar-refractivity contribution in [1.29, 1.82) is 0 Å². The molecule has 2 fully saturated rings. The van der Waals surface area contributed by atoms with Gasteiger partial charge in [0.2, 0.25) is 5.78 Å². The van der Waals surface area contributed by atoms with E-state index in [9.17, 15) is 4.79 Å². The number of rotatable bonds is 3. The Morgan fingerprint density at radius 2 is 2.06 bits per heavy atom. The van der Waals surface area contributed by atoms with Crippen molar-refractivity contribution in [2.75, 3.05) is 19.6 Å². The van der Waals surface area contributed by atoms with Gasteiger partial charge < -0.3 is 10.2 Å². The van der Waals surface area contributed by atoms with Gasteiger partial charge in [0.1, 0.15) is 0 Å². The van der Waals surface area contributed by atoms with Gasteiger partial charge in [-0.25, -0.2) is 0 Å². The predicted octanol–water partition coefficient (Wildman–Crippen LogP) is 0.795. The predicted molar refractivity (Wildman–Crippen MR) is 64.1 cm³/mol. The molecule has 2 aliphatic heterocycles. The number of Topliss-reactive ketones (excluding diaryl/α,β-unsaturated/α-hetero) is 1. The molecule has 0 radical (unpaired) electrons. The van der Waals surface area contributed by atoms with E-state index >= 15 is 0 Å². The summed E-state index contributed by atoms with van der Waals surface area (Å²) in [5.41, 5.74) is 0. The van der Waals surface area contributed by atoms with Crippen LogP contribution in [-0.2, 0) is 4.79 Å². The van der Waals surface area contributed by atoms with Crippen molar-refractivity contribution in [3.05, 3.63) is 0 Å². The Morgan fingerprint density at radius 1 is 1.38 bits per heavy atom. The molecule has 16 heavy (non-hydrogen) atoms. The molecule has 1 N–H and O–H groups in total. The van der Waals surface area contributed by atoms with E-state index in [1.54, 1.807) is 6.92 Å². The van der Waals surface area contributed by atoms with E-state index in [2.05, 4.69) is 22.1 Å². The van der Waals surface area contributed by atoms with Gasteiger partial charge in [0.15, 0.2) is 0 Å². The monoisotopic (exact) mass is 220 g/mol. The summed E-state index contributed by atoms with van der Waals surface area (Å²) < 4.78 is 0. The van der Waals surface area contributed by atoms with E-state index in [1.165, 1.54) is 32.4 Å². The Bertz CT molecular complexity index is 304. The molecule has 0 aliphatic carbocycles. The summed E-state index contributed by atoms with van der Waals surface area (Å²) in [6, 6.07) is 0.507. The van der Waals surface area contributed by atoms with Crippen LogP contribution in [0.1, 0.15) is 32.6 Å². The van der Waals surface area contributed by atoms with Crippen molar-refractivity contribution in [3.8, 4) is 11.8 Å². The van der Waals surface area contributed by atoms with E-state index < -0.39 is 0 Å². The highest BCUT2D eigenvalue weighted by molar-refractivity contribution is 6.00. The minimum absolute atomic E-state index is 0.00207. The second-order valence-electron chi connectivity index (χ2n) is 4.75. The third-order valence-electron chi connectivity index (χ3n) is 3.45. The quantitative estimate of drug-likeness (QED) is 0.564. The minimum Gasteiger partial charge on any atom is -0.302 e. The van der Waals surface area contributed by atoms with E-state index in [4.69, 9.17) is 0 Å². The maximum Gasteiger partial charge on any atom is 0.222 e. The summed E-state index contributed by atoms with van der Waals surface area (Å²) in [5, 5.41) is 3.32. The third-order valence-corrected chi connectivity index (χ3v) is 3.45. The smallest absolute Gasteiger partial charge is 0.222 e.